The average molecular weight is 1760 g/mol. The molecule has 0 saturated carbocycles. The van der Waals surface area contributed by atoms with Crippen LogP contribution in [0.1, 0.15) is 0 Å². The van der Waals surface area contributed by atoms with Crippen LogP contribution >= 0.6 is 87.5 Å². The monoisotopic (exact) mass is 1750 g/mol. The molecule has 0 spiro atoms. The summed E-state index contributed by atoms with van der Waals surface area (Å²) in [5, 5.41) is 11.2. The SMILES string of the molecule is CN(C)c1ccccc1-c1ccccc1P(c1ccccc1)c1ccccc1.COc1ccc2c(Cl)c3c(Br)c(OC)ccc3nc2c1.COc1ccc2c(Sc3ccccc3)c3c(Br)c(OC)ccc3nc2c1.COc1ccc2c3c4c(c(OC)ccc4[n+](C)c2c1)-c1ccccc1S3.Sc1ccccc1.[I-]. The Morgan fingerprint density at radius 2 is 0.917 bits per heavy atom. The second-order valence-electron chi connectivity index (χ2n) is 24.7. The van der Waals surface area contributed by atoms with E-state index in [-0.39, 0.29) is 24.0 Å². The van der Waals surface area contributed by atoms with Gasteiger partial charge in [-0.1, -0.05) is 193 Å². The van der Waals surface area contributed by atoms with E-state index >= 15 is 0 Å². The summed E-state index contributed by atoms with van der Waals surface area (Å²) < 4.78 is 36.6. The Bertz CT molecular complexity index is 5850. The second kappa shape index (κ2) is 36.4. The van der Waals surface area contributed by atoms with Gasteiger partial charge >= 0.3 is 0 Å². The van der Waals surface area contributed by atoms with Gasteiger partial charge in [0.25, 0.3) is 0 Å². The van der Waals surface area contributed by atoms with Gasteiger partial charge in [0.2, 0.25) is 11.0 Å². The fraction of sp³-hybridized carbons (Fsp3) is 0.100. The van der Waals surface area contributed by atoms with Gasteiger partial charge in [-0.05, 0) is 164 Å². The molecular formula is C90H75Br2ClIN4O6PS3. The number of ether oxygens (including phenoxy) is 6. The standard InChI is InChI=1S/C26H24NP.C22H18NO2S.C21H16BrNO2S.C15H11BrClNO2.C6H6S.HI/c1-27(2)25-19-11-9-17-23(25)24-18-10-12-20-26(24)28(21-13-5-3-6-14-21)22-15-7-4-8-16-22;1-23-16-10-11-18(25-3)20-15-6-4-5-7-19(15)26-22(21(16)20)14-9-8-13(24-2)12-17(14)23;1-24-13-8-9-15-17(12-13)23-16-10-11-18(25-2)20(22)19(16)21(15)26-14-6-4-3-5-7-14;1-19-8-3-4-9-11(7-8)18-10-5-6-12(20-2)14(16)13(10)15(9)17;7-6-4-2-1-3-5-6;/h3-20H,1-2H3;4-12H,1-3H3;3-12H,1-2H3;3-7H,1-2H3;1-5,7H;1H/q;+1;;;;/p-1. The highest BCUT2D eigenvalue weighted by molar-refractivity contribution is 9.11. The van der Waals surface area contributed by atoms with Crippen LogP contribution in [0.3, 0.4) is 0 Å². The first-order chi connectivity index (χ1) is 52.2. The number of hydrogen-bond donors (Lipinski definition) is 1. The Kier molecular flexibility index (Phi) is 26.5. The zero-order valence-electron chi connectivity index (χ0n) is 60.6. The number of anilines is 1. The maximum Gasteiger partial charge on any atom is 0.217 e. The van der Waals surface area contributed by atoms with Gasteiger partial charge < -0.3 is 57.3 Å². The molecule has 0 bridgehead atoms. The van der Waals surface area contributed by atoms with Crippen LogP contribution in [0.5, 0.6) is 34.5 Å². The lowest BCUT2D eigenvalue weighted by Gasteiger charge is -2.24. The number of hydrogen-bond acceptors (Lipinski definition) is 12. The summed E-state index contributed by atoms with van der Waals surface area (Å²) >= 11 is 21.4. The highest BCUT2D eigenvalue weighted by Gasteiger charge is 2.30. The molecule has 0 aliphatic carbocycles. The van der Waals surface area contributed by atoms with Crippen molar-refractivity contribution in [1.82, 2.24) is 9.97 Å². The number of thiol groups is 1. The number of nitrogens with zero attached hydrogens (tertiary/aromatic N) is 4. The second-order valence-corrected chi connectivity index (χ2v) is 31.5. The molecule has 3 aromatic heterocycles. The molecule has 542 valence electrons. The Morgan fingerprint density at radius 1 is 0.444 bits per heavy atom. The lowest BCUT2D eigenvalue weighted by Crippen LogP contribution is -3.00. The van der Waals surface area contributed by atoms with Crippen LogP contribution in [0.2, 0.25) is 5.02 Å². The minimum absolute atomic E-state index is 0. The van der Waals surface area contributed by atoms with Crippen LogP contribution in [0.4, 0.5) is 5.69 Å². The van der Waals surface area contributed by atoms with Crippen LogP contribution in [0.25, 0.3) is 87.7 Å². The summed E-state index contributed by atoms with van der Waals surface area (Å²) in [6, 6.07) is 97.9. The zero-order valence-corrected chi connectivity index (χ0v) is 70.1. The molecule has 10 nitrogen and oxygen atoms in total. The highest BCUT2D eigenvalue weighted by Crippen LogP contribution is 2.53. The van der Waals surface area contributed by atoms with E-state index in [4.69, 9.17) is 45.0 Å². The van der Waals surface area contributed by atoms with E-state index in [2.05, 4.69) is 256 Å². The largest absolute Gasteiger partial charge is 1.00 e. The maximum absolute atomic E-state index is 6.54. The van der Waals surface area contributed by atoms with Crippen LogP contribution in [-0.2, 0) is 7.05 Å². The van der Waals surface area contributed by atoms with Gasteiger partial charge in [-0.25, -0.2) is 9.97 Å². The minimum atomic E-state index is -0.641. The van der Waals surface area contributed by atoms with Crippen molar-refractivity contribution in [3.05, 3.63) is 299 Å². The Morgan fingerprint density at radius 3 is 1.48 bits per heavy atom. The van der Waals surface area contributed by atoms with Crippen molar-refractivity contribution < 1.29 is 57.0 Å². The molecule has 4 heterocycles. The zero-order chi connectivity index (χ0) is 74.7. The quantitative estimate of drug-likeness (QED) is 0.0394. The fourth-order valence-corrected chi connectivity index (χ4v) is 20.0. The van der Waals surface area contributed by atoms with Gasteiger partial charge in [-0.15, -0.1) is 12.6 Å². The summed E-state index contributed by atoms with van der Waals surface area (Å²) in [4.78, 5) is 17.5. The van der Waals surface area contributed by atoms with Gasteiger partial charge in [0.1, 0.15) is 41.5 Å². The van der Waals surface area contributed by atoms with E-state index in [0.29, 0.717) is 5.02 Å². The average Bonchev–Trinajstić information content (AvgIpc) is 0.718. The van der Waals surface area contributed by atoms with Crippen molar-refractivity contribution in [2.24, 2.45) is 7.05 Å². The van der Waals surface area contributed by atoms with Crippen molar-refractivity contribution in [3.63, 3.8) is 0 Å². The number of halogens is 4. The molecule has 0 amide bonds. The van der Waals surface area contributed by atoms with Crippen molar-refractivity contribution in [2.45, 2.75) is 24.5 Å². The molecule has 1 aliphatic rings. The Balaban J connectivity index is 0.000000131. The number of pyridine rings is 3. The Labute approximate surface area is 684 Å². The number of aromatic nitrogens is 3. The third-order valence-electron chi connectivity index (χ3n) is 18.1. The van der Waals surface area contributed by atoms with Crippen LogP contribution < -0.4 is 77.8 Å². The van der Waals surface area contributed by atoms with E-state index < -0.39 is 7.92 Å². The number of rotatable bonds is 13. The molecular weight excluding hydrogens is 1680 g/mol. The molecule has 0 saturated heterocycles. The van der Waals surface area contributed by atoms with Gasteiger partial charge in [0.15, 0.2) is 0 Å². The van der Waals surface area contributed by atoms with Gasteiger partial charge in [0, 0.05) is 101 Å². The molecule has 16 aromatic rings. The third-order valence-corrected chi connectivity index (χ3v) is 25.2. The summed E-state index contributed by atoms with van der Waals surface area (Å²) in [5.74, 6) is 4.87. The maximum atomic E-state index is 6.54. The van der Waals surface area contributed by atoms with Crippen molar-refractivity contribution in [3.8, 4) is 56.8 Å². The minimum Gasteiger partial charge on any atom is -1.00 e. The van der Waals surface area contributed by atoms with E-state index in [1.807, 2.05) is 121 Å². The number of fused-ring (bicyclic) bond motifs is 8. The molecule has 0 atom stereocenters. The van der Waals surface area contributed by atoms with Crippen LogP contribution in [0.15, 0.2) is 319 Å². The number of aryl methyl sites for hydroxylation is 1. The smallest absolute Gasteiger partial charge is 0.217 e. The first-order valence-corrected chi connectivity index (χ1v) is 39.6. The van der Waals surface area contributed by atoms with E-state index in [1.165, 1.54) is 74.8 Å². The number of benzene rings is 13. The topological polar surface area (TPSA) is 88.3 Å². The molecule has 1 aliphatic heterocycles. The van der Waals surface area contributed by atoms with E-state index in [9.17, 15) is 0 Å². The predicted octanol–water partition coefficient (Wildman–Crippen LogP) is 20.3. The van der Waals surface area contributed by atoms with E-state index in [1.54, 1.807) is 54.4 Å². The van der Waals surface area contributed by atoms with E-state index in [0.717, 1.165) is 102 Å². The van der Waals surface area contributed by atoms with Crippen molar-refractivity contribution in [2.75, 3.05) is 61.7 Å². The molecule has 17 rings (SSSR count). The van der Waals surface area contributed by atoms with Crippen molar-refractivity contribution >= 4 is 175 Å². The number of para-hydroxylation sites is 1. The number of methoxy groups -OCH3 is 6. The van der Waals surface area contributed by atoms with Crippen molar-refractivity contribution in [1.29, 1.82) is 0 Å². The first kappa shape index (κ1) is 78.5. The summed E-state index contributed by atoms with van der Waals surface area (Å²) in [7, 11) is 15.7. The molecule has 0 N–H and O–H groups in total. The summed E-state index contributed by atoms with van der Waals surface area (Å²) in [6.45, 7) is 0. The van der Waals surface area contributed by atoms with Crippen LogP contribution in [0, 0.1) is 0 Å². The predicted molar refractivity (Wildman–Crippen MR) is 460 cm³/mol. The van der Waals surface area contributed by atoms with Gasteiger partial charge in [-0.2, -0.15) is 4.57 Å². The third kappa shape index (κ3) is 16.9. The molecule has 108 heavy (non-hydrogen) atoms. The molecule has 0 radical (unpaired) electrons. The summed E-state index contributed by atoms with van der Waals surface area (Å²) in [5.41, 5.74) is 12.0. The molecule has 0 fully saturated rings. The molecule has 0 unspecified atom stereocenters. The Hall–Kier alpha value is -9.07. The van der Waals surface area contributed by atoms with Gasteiger partial charge in [-0.3, -0.25) is 0 Å². The fourth-order valence-electron chi connectivity index (χ4n) is 13.0. The van der Waals surface area contributed by atoms with Crippen LogP contribution in [-0.4, -0.2) is 66.7 Å². The van der Waals surface area contributed by atoms with Gasteiger partial charge in [0.05, 0.1) is 95.5 Å². The lowest BCUT2D eigenvalue weighted by molar-refractivity contribution is -0.617. The normalized spacial score (nSPS) is 11.0. The summed E-state index contributed by atoms with van der Waals surface area (Å²) in [6.07, 6.45) is 0. The molecule has 13 aromatic carbocycles. The first-order valence-electron chi connectivity index (χ1n) is 34.2. The highest BCUT2D eigenvalue weighted by atomic mass is 127. The molecule has 18 heteroatoms. The lowest BCUT2D eigenvalue weighted by atomic mass is 9.97.